The number of amides is 1. The highest BCUT2D eigenvalue weighted by Crippen LogP contribution is 2.50. The lowest BCUT2D eigenvalue weighted by atomic mass is 9.68. The number of anilines is 1. The lowest BCUT2D eigenvalue weighted by molar-refractivity contribution is -0.118. The molecule has 1 amide bonds. The number of hydrogen-bond acceptors (Lipinski definition) is 5. The van der Waals surface area contributed by atoms with E-state index in [1.807, 2.05) is 20.8 Å². The summed E-state index contributed by atoms with van der Waals surface area (Å²) in [5.74, 6) is -2.37. The number of halogens is 4. The smallest absolute Gasteiger partial charge is 0.242 e. The summed E-state index contributed by atoms with van der Waals surface area (Å²) < 4.78 is 36.6. The summed E-state index contributed by atoms with van der Waals surface area (Å²) in [4.78, 5) is 13.9. The van der Waals surface area contributed by atoms with Gasteiger partial charge in [-0.1, -0.05) is 62.2 Å². The van der Waals surface area contributed by atoms with Crippen LogP contribution >= 0.6 is 23.2 Å². The van der Waals surface area contributed by atoms with Gasteiger partial charge in [0.25, 0.3) is 0 Å². The van der Waals surface area contributed by atoms with Crippen molar-refractivity contribution >= 4 is 34.8 Å². The second-order valence-electron chi connectivity index (χ2n) is 11.2. The molecular weight excluding hydrogens is 559 g/mol. The first kappa shape index (κ1) is 30.2. The molecule has 10 heteroatoms. The molecule has 1 aliphatic rings. The number of benzene rings is 3. The minimum Gasteiger partial charge on any atom is -0.491 e. The number of ether oxygens (including phenoxy) is 1. The lowest BCUT2D eigenvalue weighted by Gasteiger charge is -2.40. The van der Waals surface area contributed by atoms with Gasteiger partial charge in [0.2, 0.25) is 5.91 Å². The predicted octanol–water partition coefficient (Wildman–Crippen LogP) is 6.00. The summed E-state index contributed by atoms with van der Waals surface area (Å²) in [6.07, 6.45) is 0.449. The van der Waals surface area contributed by atoms with Gasteiger partial charge in [-0.3, -0.25) is 4.79 Å². The number of aliphatic hydroxyl groups excluding tert-OH is 1. The number of carbonyl (C=O) groups excluding carboxylic acids is 1. The quantitative estimate of drug-likeness (QED) is 0.258. The number of nitrogens with one attached hydrogen (secondary N) is 2. The second kappa shape index (κ2) is 12.0. The van der Waals surface area contributed by atoms with Gasteiger partial charge in [-0.25, -0.2) is 8.78 Å². The summed E-state index contributed by atoms with van der Waals surface area (Å²) in [6, 6.07) is 13.6. The summed E-state index contributed by atoms with van der Waals surface area (Å²) in [7, 11) is 0. The van der Waals surface area contributed by atoms with Crippen LogP contribution in [0.1, 0.15) is 44.2 Å². The Kier molecular flexibility index (Phi) is 9.07. The van der Waals surface area contributed by atoms with Crippen LogP contribution in [0, 0.1) is 17.0 Å². The third-order valence-corrected chi connectivity index (χ3v) is 7.63. The van der Waals surface area contributed by atoms with Gasteiger partial charge in [0.1, 0.15) is 24.0 Å². The van der Waals surface area contributed by atoms with Crippen molar-refractivity contribution in [2.75, 3.05) is 18.5 Å². The van der Waals surface area contributed by atoms with Crippen LogP contribution in [0.4, 0.5) is 14.5 Å². The first-order chi connectivity index (χ1) is 18.8. The van der Waals surface area contributed by atoms with Gasteiger partial charge in [0.05, 0.1) is 23.2 Å². The maximum absolute atomic E-state index is 15.7. The van der Waals surface area contributed by atoms with Gasteiger partial charge in [-0.2, -0.15) is 0 Å². The minimum absolute atomic E-state index is 0.0983. The molecule has 214 valence electrons. The van der Waals surface area contributed by atoms with Gasteiger partial charge in [0.15, 0.2) is 0 Å². The fraction of sp³-hybridized carbons (Fsp3) is 0.367. The normalized spacial score (nSPS) is 22.8. The Labute approximate surface area is 242 Å². The van der Waals surface area contributed by atoms with E-state index in [4.69, 9.17) is 38.8 Å². The Morgan fingerprint density at radius 1 is 1.12 bits per heavy atom. The summed E-state index contributed by atoms with van der Waals surface area (Å²) >= 11 is 12.2. The van der Waals surface area contributed by atoms with Crippen LogP contribution < -0.4 is 21.1 Å². The number of carbonyl (C=O) groups is 1. The van der Waals surface area contributed by atoms with Crippen LogP contribution in [0.15, 0.2) is 60.7 Å². The monoisotopic (exact) mass is 591 g/mol. The number of hydrogen-bond donors (Lipinski definition) is 4. The van der Waals surface area contributed by atoms with Crippen molar-refractivity contribution in [1.29, 1.82) is 0 Å². The number of aliphatic hydroxyl groups is 1. The van der Waals surface area contributed by atoms with Crippen molar-refractivity contribution in [2.45, 2.75) is 50.7 Å². The van der Waals surface area contributed by atoms with Gasteiger partial charge < -0.3 is 26.2 Å². The van der Waals surface area contributed by atoms with Crippen LogP contribution in [0.3, 0.4) is 0 Å². The SMILES string of the molecule is CC(C)(C)C[C@@H]1N[C@@H](C(=O)Nc2ccc(OCCO)cc2)[C@H](c2cccc(Cl)c2F)[C@@]1(N)c1ccc(Cl)cc1F. The van der Waals surface area contributed by atoms with Crippen molar-refractivity contribution in [3.05, 3.63) is 93.5 Å². The molecule has 6 nitrogen and oxygen atoms in total. The van der Waals surface area contributed by atoms with Gasteiger partial charge in [-0.05, 0) is 59.9 Å². The van der Waals surface area contributed by atoms with Gasteiger partial charge in [-0.15, -0.1) is 0 Å². The van der Waals surface area contributed by atoms with Gasteiger partial charge >= 0.3 is 0 Å². The molecule has 4 rings (SSSR count). The van der Waals surface area contributed by atoms with E-state index in [-0.39, 0.29) is 39.8 Å². The Hall–Kier alpha value is -2.75. The van der Waals surface area contributed by atoms with Crippen molar-refractivity contribution in [3.63, 3.8) is 0 Å². The average Bonchev–Trinajstić information content (AvgIpc) is 3.16. The highest BCUT2D eigenvalue weighted by molar-refractivity contribution is 6.31. The molecule has 3 aromatic carbocycles. The van der Waals surface area contributed by atoms with E-state index < -0.39 is 41.1 Å². The third kappa shape index (κ3) is 6.26. The summed E-state index contributed by atoms with van der Waals surface area (Å²) in [5.41, 5.74) is 6.03. The largest absolute Gasteiger partial charge is 0.491 e. The molecule has 5 N–H and O–H groups in total. The highest BCUT2D eigenvalue weighted by atomic mass is 35.5. The van der Waals surface area contributed by atoms with E-state index in [1.54, 1.807) is 30.3 Å². The second-order valence-corrected chi connectivity index (χ2v) is 12.1. The maximum Gasteiger partial charge on any atom is 0.242 e. The zero-order chi connectivity index (χ0) is 29.2. The molecule has 1 fully saturated rings. The van der Waals surface area contributed by atoms with Crippen LogP contribution in [-0.2, 0) is 10.3 Å². The van der Waals surface area contributed by atoms with E-state index >= 15 is 8.78 Å². The van der Waals surface area contributed by atoms with Crippen molar-refractivity contribution in [3.8, 4) is 5.75 Å². The van der Waals surface area contributed by atoms with Crippen LogP contribution in [0.5, 0.6) is 5.75 Å². The Morgan fingerprint density at radius 2 is 1.82 bits per heavy atom. The van der Waals surface area contributed by atoms with E-state index in [0.717, 1.165) is 0 Å². The Balaban J connectivity index is 1.82. The molecule has 1 saturated heterocycles. The lowest BCUT2D eigenvalue weighted by Crippen LogP contribution is -2.52. The zero-order valence-electron chi connectivity index (χ0n) is 22.5. The summed E-state index contributed by atoms with van der Waals surface area (Å²) in [5, 5.41) is 15.2. The number of rotatable bonds is 8. The molecule has 3 aromatic rings. The topological polar surface area (TPSA) is 96.6 Å². The molecule has 0 aliphatic carbocycles. The molecule has 0 saturated carbocycles. The zero-order valence-corrected chi connectivity index (χ0v) is 24.0. The summed E-state index contributed by atoms with van der Waals surface area (Å²) in [6.45, 7) is 6.04. The first-order valence-electron chi connectivity index (χ1n) is 12.9. The Morgan fingerprint density at radius 3 is 2.45 bits per heavy atom. The third-order valence-electron chi connectivity index (χ3n) is 7.10. The Bertz CT molecular complexity index is 1370. The van der Waals surface area contributed by atoms with Crippen molar-refractivity contribution in [1.82, 2.24) is 5.32 Å². The molecule has 1 heterocycles. The van der Waals surface area contributed by atoms with Crippen LogP contribution in [0.25, 0.3) is 0 Å². The van der Waals surface area contributed by atoms with Gasteiger partial charge in [0, 0.05) is 28.2 Å². The van der Waals surface area contributed by atoms with E-state index in [2.05, 4.69) is 10.6 Å². The molecule has 0 spiro atoms. The van der Waals surface area contributed by atoms with Crippen molar-refractivity contribution in [2.24, 2.45) is 11.1 Å². The maximum atomic E-state index is 15.7. The number of nitrogens with two attached hydrogens (primary N) is 1. The average molecular weight is 593 g/mol. The van der Waals surface area contributed by atoms with Crippen LogP contribution in [0.2, 0.25) is 10.0 Å². The fourth-order valence-corrected chi connectivity index (χ4v) is 5.76. The van der Waals surface area contributed by atoms with Crippen LogP contribution in [-0.4, -0.2) is 36.3 Å². The molecular formula is C30H33Cl2F2N3O3. The molecule has 4 atom stereocenters. The fourth-order valence-electron chi connectivity index (χ4n) is 5.42. The predicted molar refractivity (Wildman–Crippen MR) is 154 cm³/mol. The standard InChI is InChI=1S/C30H33Cl2F2N3O3/c1-29(2,3)16-24-30(35,21-12-7-17(31)15-23(21)33)25(20-5-4-6-22(32)26(20)34)27(37-24)28(39)36-18-8-10-19(11-9-18)40-14-13-38/h4-12,15,24-25,27,37-38H,13-14,16,35H2,1-3H3,(H,36,39)/t24-,25-,27+,30+/m0/s1. The minimum atomic E-state index is -1.56. The first-order valence-corrected chi connectivity index (χ1v) is 13.7. The van der Waals surface area contributed by atoms with E-state index in [9.17, 15) is 4.79 Å². The molecule has 0 unspecified atom stereocenters. The van der Waals surface area contributed by atoms with E-state index in [0.29, 0.717) is 17.9 Å². The molecule has 0 aromatic heterocycles. The van der Waals surface area contributed by atoms with E-state index in [1.165, 1.54) is 30.3 Å². The molecule has 0 bridgehead atoms. The molecule has 0 radical (unpaired) electrons. The highest BCUT2D eigenvalue weighted by Gasteiger charge is 2.58. The molecule has 40 heavy (non-hydrogen) atoms. The molecule has 1 aliphatic heterocycles. The van der Waals surface area contributed by atoms with Crippen molar-refractivity contribution < 1.29 is 23.4 Å².